The van der Waals surface area contributed by atoms with Crippen LogP contribution < -0.4 is 5.32 Å². The van der Waals surface area contributed by atoms with Crippen LogP contribution in [0.25, 0.3) is 0 Å². The van der Waals surface area contributed by atoms with Crippen LogP contribution in [0.4, 0.5) is 14.5 Å². The van der Waals surface area contributed by atoms with Crippen LogP contribution in [0.2, 0.25) is 0 Å². The quantitative estimate of drug-likeness (QED) is 0.871. The van der Waals surface area contributed by atoms with Crippen LogP contribution in [-0.2, 0) is 0 Å². The Labute approximate surface area is 90.6 Å². The summed E-state index contributed by atoms with van der Waals surface area (Å²) >= 11 is 3.11. The Morgan fingerprint density at radius 3 is 2.57 bits per heavy atom. The number of benzene rings is 1. The molecule has 1 atom stereocenters. The van der Waals surface area contributed by atoms with Crippen molar-refractivity contribution in [2.75, 3.05) is 5.32 Å². The summed E-state index contributed by atoms with van der Waals surface area (Å²) in [6, 6.07) is 2.27. The molecule has 0 fully saturated rings. The summed E-state index contributed by atoms with van der Waals surface area (Å²) in [4.78, 5) is 0. The molecule has 0 saturated heterocycles. The fourth-order valence-corrected chi connectivity index (χ4v) is 1.55. The highest BCUT2D eigenvalue weighted by molar-refractivity contribution is 9.10. The topological polar surface area (TPSA) is 12.0 Å². The highest BCUT2D eigenvalue weighted by Gasteiger charge is 2.10. The summed E-state index contributed by atoms with van der Waals surface area (Å²) in [5, 5.41) is 2.97. The third kappa shape index (κ3) is 2.67. The Morgan fingerprint density at radius 2 is 2.07 bits per heavy atom. The van der Waals surface area contributed by atoms with E-state index in [4.69, 9.17) is 0 Å². The average Bonchev–Trinajstić information content (AvgIpc) is 2.10. The zero-order chi connectivity index (χ0) is 10.7. The molecule has 0 aromatic heterocycles. The van der Waals surface area contributed by atoms with Crippen molar-refractivity contribution >= 4 is 21.6 Å². The first-order valence-corrected chi connectivity index (χ1v) is 5.25. The first-order chi connectivity index (χ1) is 6.54. The van der Waals surface area contributed by atoms with E-state index < -0.39 is 11.6 Å². The molecule has 0 bridgehead atoms. The van der Waals surface area contributed by atoms with Gasteiger partial charge in [0, 0.05) is 16.6 Å². The van der Waals surface area contributed by atoms with Gasteiger partial charge < -0.3 is 5.32 Å². The average molecular weight is 264 g/mol. The van der Waals surface area contributed by atoms with Gasteiger partial charge in [-0.15, -0.1) is 0 Å². The van der Waals surface area contributed by atoms with Crippen LogP contribution in [0.1, 0.15) is 20.3 Å². The molecule has 0 aliphatic rings. The molecule has 4 heteroatoms. The summed E-state index contributed by atoms with van der Waals surface area (Å²) < 4.78 is 26.4. The van der Waals surface area contributed by atoms with E-state index in [1.165, 1.54) is 6.07 Å². The molecular weight excluding hydrogens is 252 g/mol. The van der Waals surface area contributed by atoms with Crippen molar-refractivity contribution in [3.8, 4) is 0 Å². The van der Waals surface area contributed by atoms with Crippen LogP contribution in [0.5, 0.6) is 0 Å². The van der Waals surface area contributed by atoms with Crippen LogP contribution in [0.15, 0.2) is 16.6 Å². The molecule has 1 nitrogen and oxygen atoms in total. The predicted molar refractivity (Wildman–Crippen MR) is 57.4 cm³/mol. The van der Waals surface area contributed by atoms with E-state index in [0.29, 0.717) is 10.2 Å². The van der Waals surface area contributed by atoms with E-state index >= 15 is 0 Å². The molecule has 1 aromatic carbocycles. The maximum absolute atomic E-state index is 13.3. The van der Waals surface area contributed by atoms with Crippen molar-refractivity contribution in [1.29, 1.82) is 0 Å². The van der Waals surface area contributed by atoms with E-state index in [1.54, 1.807) is 0 Å². The van der Waals surface area contributed by atoms with Crippen LogP contribution in [-0.4, -0.2) is 6.04 Å². The minimum atomic E-state index is -0.580. The molecule has 0 aliphatic carbocycles. The highest BCUT2D eigenvalue weighted by atomic mass is 79.9. The minimum Gasteiger partial charge on any atom is -0.379 e. The Kier molecular flexibility index (Phi) is 3.86. The maximum Gasteiger partial charge on any atom is 0.150 e. The van der Waals surface area contributed by atoms with Gasteiger partial charge >= 0.3 is 0 Å². The van der Waals surface area contributed by atoms with Crippen molar-refractivity contribution in [2.24, 2.45) is 0 Å². The number of anilines is 1. The van der Waals surface area contributed by atoms with Crippen molar-refractivity contribution < 1.29 is 8.78 Å². The third-order valence-electron chi connectivity index (χ3n) is 2.01. The van der Waals surface area contributed by atoms with Gasteiger partial charge in [-0.25, -0.2) is 8.78 Å². The second-order valence-electron chi connectivity index (χ2n) is 3.20. The summed E-state index contributed by atoms with van der Waals surface area (Å²) in [5.74, 6) is -1.15. The monoisotopic (exact) mass is 263 g/mol. The number of hydrogen-bond donors (Lipinski definition) is 1. The van der Waals surface area contributed by atoms with E-state index in [9.17, 15) is 8.78 Å². The van der Waals surface area contributed by atoms with E-state index in [2.05, 4.69) is 21.2 Å². The van der Waals surface area contributed by atoms with Gasteiger partial charge in [-0.05, 0) is 35.3 Å². The van der Waals surface area contributed by atoms with Crippen molar-refractivity contribution in [2.45, 2.75) is 26.3 Å². The molecule has 0 aliphatic heterocycles. The van der Waals surface area contributed by atoms with Gasteiger partial charge in [0.15, 0.2) is 0 Å². The second-order valence-corrected chi connectivity index (χ2v) is 4.05. The Hall–Kier alpha value is -0.640. The molecule has 1 aromatic rings. The van der Waals surface area contributed by atoms with Crippen LogP contribution >= 0.6 is 15.9 Å². The Morgan fingerprint density at radius 1 is 1.43 bits per heavy atom. The van der Waals surface area contributed by atoms with Crippen LogP contribution in [0, 0.1) is 11.6 Å². The van der Waals surface area contributed by atoms with Gasteiger partial charge in [0.05, 0.1) is 5.69 Å². The smallest absolute Gasteiger partial charge is 0.150 e. The first kappa shape index (κ1) is 11.4. The van der Waals surface area contributed by atoms with E-state index in [1.807, 2.05) is 13.8 Å². The van der Waals surface area contributed by atoms with Gasteiger partial charge in [-0.1, -0.05) is 6.92 Å². The summed E-state index contributed by atoms with van der Waals surface area (Å²) in [7, 11) is 0. The zero-order valence-corrected chi connectivity index (χ0v) is 9.66. The Balaban J connectivity index is 2.96. The van der Waals surface area contributed by atoms with Gasteiger partial charge in [0.1, 0.15) is 11.6 Å². The molecule has 0 heterocycles. The lowest BCUT2D eigenvalue weighted by molar-refractivity contribution is 0.581. The maximum atomic E-state index is 13.3. The molecule has 1 rings (SSSR count). The van der Waals surface area contributed by atoms with E-state index in [-0.39, 0.29) is 6.04 Å². The lowest BCUT2D eigenvalue weighted by Gasteiger charge is -2.15. The predicted octanol–water partition coefficient (Wildman–Crippen LogP) is 3.94. The molecule has 1 unspecified atom stereocenters. The summed E-state index contributed by atoms with van der Waals surface area (Å²) in [6.45, 7) is 3.93. The first-order valence-electron chi connectivity index (χ1n) is 4.45. The SMILES string of the molecule is CCC(C)Nc1c(F)cc(F)cc1Br. The molecular formula is C10H12BrF2N. The number of halogens is 3. The van der Waals surface area contributed by atoms with Crippen molar-refractivity contribution in [1.82, 2.24) is 0 Å². The molecule has 1 N–H and O–H groups in total. The highest BCUT2D eigenvalue weighted by Crippen LogP contribution is 2.27. The lowest BCUT2D eigenvalue weighted by Crippen LogP contribution is -2.15. The fraction of sp³-hybridized carbons (Fsp3) is 0.400. The molecule has 0 spiro atoms. The molecule has 78 valence electrons. The second kappa shape index (κ2) is 4.73. The molecule has 14 heavy (non-hydrogen) atoms. The number of nitrogens with one attached hydrogen (secondary N) is 1. The van der Waals surface area contributed by atoms with Gasteiger partial charge in [0.2, 0.25) is 0 Å². The van der Waals surface area contributed by atoms with Crippen molar-refractivity contribution in [3.63, 3.8) is 0 Å². The number of hydrogen-bond acceptors (Lipinski definition) is 1. The van der Waals surface area contributed by atoms with Crippen LogP contribution in [0.3, 0.4) is 0 Å². The van der Waals surface area contributed by atoms with E-state index in [0.717, 1.165) is 12.5 Å². The normalized spacial score (nSPS) is 12.6. The number of rotatable bonds is 3. The van der Waals surface area contributed by atoms with Gasteiger partial charge in [-0.2, -0.15) is 0 Å². The minimum absolute atomic E-state index is 0.159. The molecule has 0 amide bonds. The molecule has 0 radical (unpaired) electrons. The molecule has 0 saturated carbocycles. The standard InChI is InChI=1S/C10H12BrF2N/c1-3-6(2)14-10-8(11)4-7(12)5-9(10)13/h4-6,14H,3H2,1-2H3. The lowest BCUT2D eigenvalue weighted by atomic mass is 10.2. The fourth-order valence-electron chi connectivity index (χ4n) is 1.03. The third-order valence-corrected chi connectivity index (χ3v) is 2.64. The van der Waals surface area contributed by atoms with Crippen molar-refractivity contribution in [3.05, 3.63) is 28.2 Å². The van der Waals surface area contributed by atoms with Gasteiger partial charge in [0.25, 0.3) is 0 Å². The largest absolute Gasteiger partial charge is 0.379 e. The summed E-state index contributed by atoms with van der Waals surface area (Å²) in [5.41, 5.74) is 0.320. The Bertz CT molecular complexity index is 305. The summed E-state index contributed by atoms with van der Waals surface area (Å²) in [6.07, 6.45) is 0.878. The van der Waals surface area contributed by atoms with Gasteiger partial charge in [-0.3, -0.25) is 0 Å². The zero-order valence-electron chi connectivity index (χ0n) is 8.07.